The molecule has 1 aromatic carbocycles. The summed E-state index contributed by atoms with van der Waals surface area (Å²) in [6.45, 7) is 2.67. The Morgan fingerprint density at radius 2 is 1.94 bits per heavy atom. The van der Waals surface area contributed by atoms with Crippen LogP contribution in [0.5, 0.6) is 0 Å². The number of anilines is 1. The first-order valence-corrected chi connectivity index (χ1v) is 5.71. The predicted octanol–water partition coefficient (Wildman–Crippen LogP) is 1.66. The third-order valence-corrected chi connectivity index (χ3v) is 2.70. The summed E-state index contributed by atoms with van der Waals surface area (Å²) in [5.74, 6) is -0.284. The quantitative estimate of drug-likeness (QED) is 0.834. The molecule has 0 saturated heterocycles. The average Bonchev–Trinajstić information content (AvgIpc) is 2.47. The highest BCUT2D eigenvalue weighted by Crippen LogP contribution is 2.22. The first-order chi connectivity index (χ1) is 8.24. The number of amides is 3. The van der Waals surface area contributed by atoms with Crippen molar-refractivity contribution in [2.24, 2.45) is 0 Å². The number of carbonyl (C=O) groups is 2. The van der Waals surface area contributed by atoms with Gasteiger partial charge < -0.3 is 0 Å². The Morgan fingerprint density at radius 1 is 1.18 bits per heavy atom. The molecule has 1 aliphatic rings. The summed E-state index contributed by atoms with van der Waals surface area (Å²) >= 11 is 0. The molecule has 90 valence electrons. The number of carbonyl (C=O) groups excluding carboxylic acids is 2. The van der Waals surface area contributed by atoms with Gasteiger partial charge in [0.2, 0.25) is 0 Å². The van der Waals surface area contributed by atoms with Crippen LogP contribution in [0.25, 0.3) is 0 Å². The summed E-state index contributed by atoms with van der Waals surface area (Å²) in [6.07, 6.45) is 1.89. The molecule has 5 heteroatoms. The lowest BCUT2D eigenvalue weighted by atomic mass is 10.1. The molecule has 17 heavy (non-hydrogen) atoms. The smallest absolute Gasteiger partial charge is 0.292 e. The molecule has 2 rings (SSSR count). The predicted molar refractivity (Wildman–Crippen MR) is 64.7 cm³/mol. The van der Waals surface area contributed by atoms with Crippen molar-refractivity contribution < 1.29 is 9.59 Å². The van der Waals surface area contributed by atoms with Crippen LogP contribution in [-0.2, 0) is 0 Å². The number of benzene rings is 1. The van der Waals surface area contributed by atoms with Crippen molar-refractivity contribution in [1.29, 1.82) is 0 Å². The van der Waals surface area contributed by atoms with Gasteiger partial charge in [-0.1, -0.05) is 25.5 Å². The highest BCUT2D eigenvalue weighted by atomic mass is 16.2. The number of hydrogen-bond acceptors (Lipinski definition) is 2. The summed E-state index contributed by atoms with van der Waals surface area (Å²) in [5, 5.41) is 0. The van der Waals surface area contributed by atoms with E-state index in [0.717, 1.165) is 12.8 Å². The van der Waals surface area contributed by atoms with E-state index >= 15 is 0 Å². The number of fused-ring (bicyclic) bond motifs is 1. The van der Waals surface area contributed by atoms with Gasteiger partial charge in [-0.3, -0.25) is 15.1 Å². The second-order valence-corrected chi connectivity index (χ2v) is 3.91. The van der Waals surface area contributed by atoms with Crippen LogP contribution in [0.15, 0.2) is 24.3 Å². The van der Waals surface area contributed by atoms with Crippen LogP contribution in [0.3, 0.4) is 0 Å². The lowest BCUT2D eigenvalue weighted by molar-refractivity contribution is 0.0941. The van der Waals surface area contributed by atoms with Gasteiger partial charge in [0.1, 0.15) is 0 Å². The largest absolute Gasteiger partial charge is 0.340 e. The Bertz CT molecular complexity index is 445. The zero-order chi connectivity index (χ0) is 12.3. The Labute approximate surface area is 99.8 Å². The van der Waals surface area contributed by atoms with E-state index < -0.39 is 0 Å². The zero-order valence-electron chi connectivity index (χ0n) is 9.69. The number of hydrazine groups is 1. The van der Waals surface area contributed by atoms with Crippen LogP contribution in [0, 0.1) is 0 Å². The highest BCUT2D eigenvalue weighted by molar-refractivity contribution is 6.07. The first kappa shape index (κ1) is 11.4. The third-order valence-electron chi connectivity index (χ3n) is 2.70. The van der Waals surface area contributed by atoms with Gasteiger partial charge in [0.25, 0.3) is 5.91 Å². The Hall–Kier alpha value is -2.04. The summed E-state index contributed by atoms with van der Waals surface area (Å²) in [4.78, 5) is 25.1. The molecule has 3 amide bonds. The minimum atomic E-state index is -0.295. The molecule has 1 aromatic rings. The van der Waals surface area contributed by atoms with Gasteiger partial charge in [-0.05, 0) is 18.6 Å². The van der Waals surface area contributed by atoms with E-state index in [4.69, 9.17) is 0 Å². The van der Waals surface area contributed by atoms with Crippen LogP contribution >= 0.6 is 0 Å². The fourth-order valence-electron chi connectivity index (χ4n) is 1.79. The van der Waals surface area contributed by atoms with Gasteiger partial charge in [-0.2, -0.15) is 0 Å². The van der Waals surface area contributed by atoms with Crippen molar-refractivity contribution in [2.75, 3.05) is 11.4 Å². The summed E-state index contributed by atoms with van der Waals surface area (Å²) in [6, 6.07) is 6.81. The molecule has 0 radical (unpaired) electrons. The normalized spacial score (nSPS) is 14.8. The number of unbranched alkanes of at least 4 members (excludes halogenated alkanes) is 1. The lowest BCUT2D eigenvalue weighted by Gasteiger charge is -2.21. The van der Waals surface area contributed by atoms with E-state index in [1.807, 2.05) is 6.07 Å². The van der Waals surface area contributed by atoms with Gasteiger partial charge in [-0.25, -0.2) is 10.2 Å². The van der Waals surface area contributed by atoms with Crippen LogP contribution in [0.2, 0.25) is 0 Å². The van der Waals surface area contributed by atoms with E-state index in [2.05, 4.69) is 17.8 Å². The van der Waals surface area contributed by atoms with Crippen molar-refractivity contribution in [1.82, 2.24) is 10.9 Å². The van der Waals surface area contributed by atoms with Crippen molar-refractivity contribution >= 4 is 17.6 Å². The van der Waals surface area contributed by atoms with E-state index in [9.17, 15) is 9.59 Å². The number of para-hydroxylation sites is 1. The van der Waals surface area contributed by atoms with E-state index in [0.29, 0.717) is 17.8 Å². The number of urea groups is 1. The van der Waals surface area contributed by atoms with Crippen LogP contribution in [0.1, 0.15) is 30.1 Å². The van der Waals surface area contributed by atoms with Gasteiger partial charge >= 0.3 is 6.03 Å². The van der Waals surface area contributed by atoms with Crippen molar-refractivity contribution in [3.63, 3.8) is 0 Å². The summed E-state index contributed by atoms with van der Waals surface area (Å²) < 4.78 is 0. The number of rotatable bonds is 3. The number of nitrogens with zero attached hydrogens (tertiary/aromatic N) is 1. The third kappa shape index (κ3) is 2.22. The second-order valence-electron chi connectivity index (χ2n) is 3.91. The molecule has 5 nitrogen and oxygen atoms in total. The molecule has 0 unspecified atom stereocenters. The molecule has 0 atom stereocenters. The molecule has 1 aliphatic heterocycles. The van der Waals surface area contributed by atoms with E-state index in [1.54, 1.807) is 23.1 Å². The Kier molecular flexibility index (Phi) is 3.27. The van der Waals surface area contributed by atoms with Crippen molar-refractivity contribution in [3.8, 4) is 0 Å². The topological polar surface area (TPSA) is 61.4 Å². The van der Waals surface area contributed by atoms with E-state index in [-0.39, 0.29) is 11.9 Å². The first-order valence-electron chi connectivity index (χ1n) is 5.71. The van der Waals surface area contributed by atoms with Crippen LogP contribution < -0.4 is 15.8 Å². The number of hydrogen-bond donors (Lipinski definition) is 2. The fraction of sp³-hybridized carbons (Fsp3) is 0.333. The summed E-state index contributed by atoms with van der Waals surface area (Å²) in [5.41, 5.74) is 5.94. The fourth-order valence-corrected chi connectivity index (χ4v) is 1.79. The van der Waals surface area contributed by atoms with Crippen molar-refractivity contribution in [3.05, 3.63) is 29.8 Å². The van der Waals surface area contributed by atoms with E-state index in [1.165, 1.54) is 0 Å². The molecule has 0 aromatic heterocycles. The van der Waals surface area contributed by atoms with Crippen LogP contribution in [0.4, 0.5) is 10.5 Å². The second kappa shape index (κ2) is 4.86. The van der Waals surface area contributed by atoms with Crippen molar-refractivity contribution in [2.45, 2.75) is 19.8 Å². The molecule has 0 saturated carbocycles. The Balaban J connectivity index is 2.38. The van der Waals surface area contributed by atoms with Gasteiger partial charge in [0.15, 0.2) is 0 Å². The minimum absolute atomic E-state index is 0.284. The number of nitrogens with one attached hydrogen (secondary N) is 2. The minimum Gasteiger partial charge on any atom is -0.292 e. The van der Waals surface area contributed by atoms with Crippen LogP contribution in [-0.4, -0.2) is 18.5 Å². The SMILES string of the molecule is CCCCN1C(=O)NNC(=O)c2ccccc21. The molecule has 2 N–H and O–H groups in total. The molecule has 0 spiro atoms. The Morgan fingerprint density at radius 3 is 2.71 bits per heavy atom. The lowest BCUT2D eigenvalue weighted by Crippen LogP contribution is -2.46. The van der Waals surface area contributed by atoms with Gasteiger partial charge in [0, 0.05) is 6.54 Å². The monoisotopic (exact) mass is 233 g/mol. The molecule has 1 heterocycles. The van der Waals surface area contributed by atoms with Gasteiger partial charge in [0.05, 0.1) is 11.3 Å². The maximum Gasteiger partial charge on any atom is 0.340 e. The maximum atomic E-state index is 11.8. The maximum absolute atomic E-state index is 11.8. The molecule has 0 bridgehead atoms. The average molecular weight is 233 g/mol. The molecule has 0 fully saturated rings. The molecular weight excluding hydrogens is 218 g/mol. The zero-order valence-corrected chi connectivity index (χ0v) is 9.69. The van der Waals surface area contributed by atoms with Gasteiger partial charge in [-0.15, -0.1) is 0 Å². The summed E-state index contributed by atoms with van der Waals surface area (Å²) in [7, 11) is 0. The molecular formula is C12H15N3O2. The highest BCUT2D eigenvalue weighted by Gasteiger charge is 2.24. The molecule has 0 aliphatic carbocycles. The standard InChI is InChI=1S/C12H15N3O2/c1-2-3-8-15-10-7-5-4-6-9(10)11(16)13-14-12(15)17/h4-7H,2-3,8H2,1H3,(H,13,16)(H,14,17).